The third-order valence-corrected chi connectivity index (χ3v) is 5.41. The number of thiazole rings is 1. The molecule has 7 heteroatoms. The highest BCUT2D eigenvalue weighted by atomic mass is 32.1. The van der Waals surface area contributed by atoms with Crippen molar-refractivity contribution in [3.63, 3.8) is 0 Å². The molecule has 2 aromatic heterocycles. The monoisotopic (exact) mass is 408 g/mol. The second-order valence-electron chi connectivity index (χ2n) is 6.23. The molecule has 2 aromatic carbocycles. The summed E-state index contributed by atoms with van der Waals surface area (Å²) in [6.07, 6.45) is 1.59. The van der Waals surface area contributed by atoms with Crippen molar-refractivity contribution in [1.29, 1.82) is 0 Å². The molecule has 4 rings (SSSR count). The van der Waals surface area contributed by atoms with Gasteiger partial charge in [0.25, 0.3) is 5.91 Å². The molecule has 1 amide bonds. The molecule has 4 aromatic rings. The van der Waals surface area contributed by atoms with E-state index in [-0.39, 0.29) is 12.5 Å². The molecule has 6 nitrogen and oxygen atoms in total. The Morgan fingerprint density at radius 1 is 1.17 bits per heavy atom. The van der Waals surface area contributed by atoms with Gasteiger partial charge in [-0.05, 0) is 49.4 Å². The summed E-state index contributed by atoms with van der Waals surface area (Å²) in [5, 5.41) is 0.584. The van der Waals surface area contributed by atoms with E-state index in [4.69, 9.17) is 13.9 Å². The highest BCUT2D eigenvalue weighted by Gasteiger charge is 2.25. The van der Waals surface area contributed by atoms with Gasteiger partial charge in [0.2, 0.25) is 0 Å². The number of aromatic nitrogens is 1. The van der Waals surface area contributed by atoms with E-state index in [1.807, 2.05) is 43.3 Å². The van der Waals surface area contributed by atoms with Crippen molar-refractivity contribution in [2.45, 2.75) is 13.5 Å². The second-order valence-corrected chi connectivity index (χ2v) is 7.24. The van der Waals surface area contributed by atoms with Gasteiger partial charge in [-0.15, -0.1) is 0 Å². The fourth-order valence-electron chi connectivity index (χ4n) is 3.02. The van der Waals surface area contributed by atoms with E-state index in [9.17, 15) is 4.79 Å². The largest absolute Gasteiger partial charge is 0.496 e. The first-order chi connectivity index (χ1) is 14.2. The van der Waals surface area contributed by atoms with Gasteiger partial charge in [0.15, 0.2) is 5.13 Å². The molecule has 0 spiro atoms. The second kappa shape index (κ2) is 8.36. The zero-order valence-electron chi connectivity index (χ0n) is 16.1. The zero-order valence-corrected chi connectivity index (χ0v) is 16.9. The molecule has 0 aliphatic rings. The number of carbonyl (C=O) groups excluding carboxylic acids is 1. The summed E-state index contributed by atoms with van der Waals surface area (Å²) in [5.41, 5.74) is 1.28. The van der Waals surface area contributed by atoms with Gasteiger partial charge in [-0.25, -0.2) is 4.98 Å². The number of methoxy groups -OCH3 is 1. The van der Waals surface area contributed by atoms with E-state index >= 15 is 0 Å². The Balaban J connectivity index is 1.76. The van der Waals surface area contributed by atoms with Gasteiger partial charge in [0.1, 0.15) is 17.3 Å². The van der Waals surface area contributed by atoms with Crippen molar-refractivity contribution in [2.75, 3.05) is 18.6 Å². The fourth-order valence-corrected chi connectivity index (χ4v) is 4.01. The lowest BCUT2D eigenvalue weighted by molar-refractivity contribution is 0.0980. The molecular weight excluding hydrogens is 388 g/mol. The van der Waals surface area contributed by atoms with Crippen LogP contribution < -0.4 is 14.4 Å². The summed E-state index contributed by atoms with van der Waals surface area (Å²) in [6.45, 7) is 2.80. The van der Waals surface area contributed by atoms with E-state index in [0.717, 1.165) is 16.0 Å². The average molecular weight is 408 g/mol. The van der Waals surface area contributed by atoms with Crippen LogP contribution in [0.15, 0.2) is 65.3 Å². The Hall–Kier alpha value is -3.32. The molecule has 0 radical (unpaired) electrons. The summed E-state index contributed by atoms with van der Waals surface area (Å²) in [6, 6.07) is 16.5. The molecule has 0 aliphatic carbocycles. The predicted molar refractivity (Wildman–Crippen MR) is 113 cm³/mol. The highest BCUT2D eigenvalue weighted by molar-refractivity contribution is 7.22. The van der Waals surface area contributed by atoms with Crippen LogP contribution in [0.1, 0.15) is 23.0 Å². The number of furan rings is 1. The first kappa shape index (κ1) is 19.0. The third kappa shape index (κ3) is 3.95. The van der Waals surface area contributed by atoms with Gasteiger partial charge in [0, 0.05) is 0 Å². The number of rotatable bonds is 7. The van der Waals surface area contributed by atoms with Crippen LogP contribution in [-0.4, -0.2) is 24.6 Å². The lowest BCUT2D eigenvalue weighted by Gasteiger charge is -2.20. The molecule has 0 fully saturated rings. The van der Waals surface area contributed by atoms with Crippen LogP contribution in [0.4, 0.5) is 5.13 Å². The highest BCUT2D eigenvalue weighted by Crippen LogP contribution is 2.34. The Bertz CT molecular complexity index is 1120. The van der Waals surface area contributed by atoms with E-state index in [1.54, 1.807) is 36.5 Å². The molecule has 29 heavy (non-hydrogen) atoms. The van der Waals surface area contributed by atoms with Crippen molar-refractivity contribution in [2.24, 2.45) is 0 Å². The lowest BCUT2D eigenvalue weighted by atomic mass is 10.1. The van der Waals surface area contributed by atoms with Crippen molar-refractivity contribution in [3.8, 4) is 11.5 Å². The SMILES string of the molecule is CCOc1ccc2nc(N(Cc3ccco3)C(=O)c3ccccc3OC)sc2c1. The minimum Gasteiger partial charge on any atom is -0.496 e. The summed E-state index contributed by atoms with van der Waals surface area (Å²) < 4.78 is 17.4. The average Bonchev–Trinajstić information content (AvgIpc) is 3.41. The normalized spacial score (nSPS) is 10.8. The van der Waals surface area contributed by atoms with Gasteiger partial charge < -0.3 is 13.9 Å². The van der Waals surface area contributed by atoms with E-state index in [1.165, 1.54) is 11.3 Å². The van der Waals surface area contributed by atoms with Crippen molar-refractivity contribution in [3.05, 3.63) is 72.2 Å². The van der Waals surface area contributed by atoms with Crippen LogP contribution in [0.3, 0.4) is 0 Å². The molecule has 0 atom stereocenters. The van der Waals surface area contributed by atoms with Gasteiger partial charge in [-0.2, -0.15) is 0 Å². The first-order valence-electron chi connectivity index (χ1n) is 9.20. The Morgan fingerprint density at radius 3 is 2.79 bits per heavy atom. The summed E-state index contributed by atoms with van der Waals surface area (Å²) in [7, 11) is 1.55. The maximum atomic E-state index is 13.4. The quantitative estimate of drug-likeness (QED) is 0.423. The van der Waals surface area contributed by atoms with Crippen molar-refractivity contribution < 1.29 is 18.7 Å². The van der Waals surface area contributed by atoms with Gasteiger partial charge >= 0.3 is 0 Å². The topological polar surface area (TPSA) is 64.8 Å². The van der Waals surface area contributed by atoms with E-state index in [0.29, 0.717) is 28.8 Å². The van der Waals surface area contributed by atoms with Crippen molar-refractivity contribution in [1.82, 2.24) is 4.98 Å². The molecule has 0 aliphatic heterocycles. The molecule has 0 saturated carbocycles. The standard InChI is InChI=1S/C22H20N2O4S/c1-3-27-15-10-11-18-20(13-15)29-22(23-18)24(14-16-7-6-12-28-16)21(25)17-8-4-5-9-19(17)26-2/h4-13H,3,14H2,1-2H3. The molecule has 0 bridgehead atoms. The smallest absolute Gasteiger partial charge is 0.264 e. The number of para-hydroxylation sites is 1. The number of amides is 1. The summed E-state index contributed by atoms with van der Waals surface area (Å²) >= 11 is 1.44. The van der Waals surface area contributed by atoms with Gasteiger partial charge in [-0.3, -0.25) is 9.69 Å². The number of hydrogen-bond donors (Lipinski definition) is 0. The van der Waals surface area contributed by atoms with Crippen molar-refractivity contribution >= 4 is 32.6 Å². The van der Waals surface area contributed by atoms with Gasteiger partial charge in [-0.1, -0.05) is 23.5 Å². The summed E-state index contributed by atoms with van der Waals surface area (Å²) in [4.78, 5) is 19.7. The molecule has 0 saturated heterocycles. The Labute approximate surface area is 172 Å². The molecule has 2 heterocycles. The lowest BCUT2D eigenvalue weighted by Crippen LogP contribution is -2.30. The molecular formula is C22H20N2O4S. The predicted octanol–water partition coefficient (Wildman–Crippen LogP) is 5.14. The number of hydrogen-bond acceptors (Lipinski definition) is 6. The molecule has 0 N–H and O–H groups in total. The van der Waals surface area contributed by atoms with Crippen LogP contribution in [0.25, 0.3) is 10.2 Å². The maximum Gasteiger partial charge on any atom is 0.264 e. The van der Waals surface area contributed by atoms with Gasteiger partial charge in [0.05, 0.1) is 42.3 Å². The van der Waals surface area contributed by atoms with Crippen LogP contribution in [0.5, 0.6) is 11.5 Å². The molecule has 0 unspecified atom stereocenters. The van der Waals surface area contributed by atoms with Crippen LogP contribution in [-0.2, 0) is 6.54 Å². The number of benzene rings is 2. The number of fused-ring (bicyclic) bond motifs is 1. The van der Waals surface area contributed by atoms with E-state index in [2.05, 4.69) is 4.98 Å². The number of anilines is 1. The third-order valence-electron chi connectivity index (χ3n) is 4.37. The Kier molecular flexibility index (Phi) is 5.48. The number of nitrogens with zero attached hydrogens (tertiary/aromatic N) is 2. The maximum absolute atomic E-state index is 13.4. The minimum absolute atomic E-state index is 0.206. The van der Waals surface area contributed by atoms with Crippen LogP contribution in [0, 0.1) is 0 Å². The minimum atomic E-state index is -0.206. The number of ether oxygens (including phenoxy) is 2. The fraction of sp³-hybridized carbons (Fsp3) is 0.182. The molecule has 148 valence electrons. The van der Waals surface area contributed by atoms with Crippen LogP contribution in [0.2, 0.25) is 0 Å². The number of carbonyl (C=O) groups is 1. The zero-order chi connectivity index (χ0) is 20.2. The Morgan fingerprint density at radius 2 is 2.03 bits per heavy atom. The van der Waals surface area contributed by atoms with E-state index < -0.39 is 0 Å². The first-order valence-corrected chi connectivity index (χ1v) is 10.0. The summed E-state index contributed by atoms with van der Waals surface area (Å²) in [5.74, 6) is 1.76. The van der Waals surface area contributed by atoms with Crippen LogP contribution >= 0.6 is 11.3 Å².